The molecule has 0 aromatic heterocycles. The number of carbonyl (C=O) groups is 4. The predicted octanol–water partition coefficient (Wildman–Crippen LogP) is 2.07. The van der Waals surface area contributed by atoms with Gasteiger partial charge in [-0.15, -0.1) is 0 Å². The summed E-state index contributed by atoms with van der Waals surface area (Å²) < 4.78 is 10.3. The number of nitrogens with zero attached hydrogens (tertiary/aromatic N) is 1. The van der Waals surface area contributed by atoms with Crippen LogP contribution in [0, 0.1) is 0 Å². The largest absolute Gasteiger partial charge is 0.492 e. The molecule has 9 heteroatoms. The molecule has 0 saturated carbocycles. The van der Waals surface area contributed by atoms with E-state index in [1.165, 1.54) is 0 Å². The van der Waals surface area contributed by atoms with E-state index in [1.807, 2.05) is 13.8 Å². The van der Waals surface area contributed by atoms with Gasteiger partial charge in [-0.2, -0.15) is 0 Å². The van der Waals surface area contributed by atoms with Crippen LogP contribution in [0.3, 0.4) is 0 Å². The molecule has 1 aromatic carbocycles. The van der Waals surface area contributed by atoms with Crippen LogP contribution in [-0.4, -0.2) is 54.0 Å². The monoisotopic (exact) mass is 405 g/mol. The van der Waals surface area contributed by atoms with Gasteiger partial charge in [0.2, 0.25) is 0 Å². The lowest BCUT2D eigenvalue weighted by Gasteiger charge is -2.21. The molecule has 0 unspecified atom stereocenters. The molecule has 29 heavy (non-hydrogen) atoms. The molecule has 0 bridgehead atoms. The van der Waals surface area contributed by atoms with Crippen LogP contribution in [0.4, 0.5) is 10.5 Å². The molecule has 1 fully saturated rings. The summed E-state index contributed by atoms with van der Waals surface area (Å²) in [5, 5.41) is 5.22. The number of anilines is 1. The van der Waals surface area contributed by atoms with Gasteiger partial charge in [-0.25, -0.2) is 4.79 Å². The van der Waals surface area contributed by atoms with Gasteiger partial charge in [-0.1, -0.05) is 31.9 Å². The summed E-state index contributed by atoms with van der Waals surface area (Å²) in [5.41, 5.74) is -0.565. The molecule has 1 aromatic rings. The van der Waals surface area contributed by atoms with Crippen LogP contribution >= 0.6 is 0 Å². The van der Waals surface area contributed by atoms with E-state index in [-0.39, 0.29) is 0 Å². The van der Waals surface area contributed by atoms with Crippen molar-refractivity contribution in [3.63, 3.8) is 0 Å². The van der Waals surface area contributed by atoms with Crippen molar-refractivity contribution in [1.82, 2.24) is 10.2 Å². The summed E-state index contributed by atoms with van der Waals surface area (Å²) in [6, 6.07) is 6.23. The summed E-state index contributed by atoms with van der Waals surface area (Å²) in [4.78, 5) is 49.5. The number of para-hydroxylation sites is 2. The molecule has 158 valence electrons. The van der Waals surface area contributed by atoms with E-state index < -0.39 is 42.5 Å². The van der Waals surface area contributed by atoms with Crippen LogP contribution in [0.2, 0.25) is 0 Å². The maximum atomic E-state index is 12.5. The van der Waals surface area contributed by atoms with E-state index in [4.69, 9.17) is 9.47 Å². The van der Waals surface area contributed by atoms with Gasteiger partial charge in [0.1, 0.15) is 17.8 Å². The smallest absolute Gasteiger partial charge is 0.326 e. The van der Waals surface area contributed by atoms with E-state index in [0.29, 0.717) is 24.5 Å². The lowest BCUT2D eigenvalue weighted by atomic mass is 9.95. The predicted molar refractivity (Wildman–Crippen MR) is 105 cm³/mol. The molecule has 0 spiro atoms. The third kappa shape index (κ3) is 5.69. The SMILES string of the molecule is CCCC[C@@]1(C)NC(=O)N(CC(=O)OCC(=O)Nc2ccccc2OCC)C1=O. The first kappa shape index (κ1) is 22.2. The number of esters is 1. The Hall–Kier alpha value is -3.10. The second-order valence-corrected chi connectivity index (χ2v) is 6.90. The second-order valence-electron chi connectivity index (χ2n) is 6.90. The number of carbonyl (C=O) groups excluding carboxylic acids is 4. The van der Waals surface area contributed by atoms with Crippen molar-refractivity contribution < 1.29 is 28.7 Å². The molecule has 2 rings (SSSR count). The zero-order valence-electron chi connectivity index (χ0n) is 16.9. The fraction of sp³-hybridized carbons (Fsp3) is 0.500. The van der Waals surface area contributed by atoms with Crippen LogP contribution in [0.25, 0.3) is 0 Å². The Balaban J connectivity index is 1.86. The summed E-state index contributed by atoms with van der Waals surface area (Å²) in [7, 11) is 0. The van der Waals surface area contributed by atoms with E-state index in [0.717, 1.165) is 17.7 Å². The van der Waals surface area contributed by atoms with Crippen LogP contribution < -0.4 is 15.4 Å². The van der Waals surface area contributed by atoms with Crippen LogP contribution in [-0.2, 0) is 19.1 Å². The number of hydrogen-bond acceptors (Lipinski definition) is 6. The van der Waals surface area contributed by atoms with Gasteiger partial charge in [0.15, 0.2) is 6.61 Å². The van der Waals surface area contributed by atoms with E-state index in [2.05, 4.69) is 10.6 Å². The van der Waals surface area contributed by atoms with E-state index in [1.54, 1.807) is 31.2 Å². The van der Waals surface area contributed by atoms with Crippen molar-refractivity contribution in [3.8, 4) is 5.75 Å². The standard InChI is InChI=1S/C20H27N3O6/c1-4-6-11-20(3)18(26)23(19(27)22-20)12-17(25)29-13-16(24)21-14-9-7-8-10-15(14)28-5-2/h7-10H,4-6,11-13H2,1-3H3,(H,21,24)(H,22,27)/t20-/m1/s1. The Morgan fingerprint density at radius 2 is 1.93 bits per heavy atom. The molecule has 0 radical (unpaired) electrons. The van der Waals surface area contributed by atoms with Crippen molar-refractivity contribution in [2.75, 3.05) is 25.1 Å². The Morgan fingerprint density at radius 3 is 2.62 bits per heavy atom. The second kappa shape index (κ2) is 9.90. The normalized spacial score (nSPS) is 18.4. The number of ether oxygens (including phenoxy) is 2. The maximum Gasteiger partial charge on any atom is 0.326 e. The molecule has 4 amide bonds. The first-order valence-electron chi connectivity index (χ1n) is 9.62. The first-order valence-corrected chi connectivity index (χ1v) is 9.62. The zero-order valence-corrected chi connectivity index (χ0v) is 16.9. The van der Waals surface area contributed by atoms with Crippen LogP contribution in [0.5, 0.6) is 5.75 Å². The molecular formula is C20H27N3O6. The highest BCUT2D eigenvalue weighted by Gasteiger charge is 2.47. The molecule has 9 nitrogen and oxygen atoms in total. The van der Waals surface area contributed by atoms with Gasteiger partial charge >= 0.3 is 12.0 Å². The Morgan fingerprint density at radius 1 is 1.21 bits per heavy atom. The molecule has 1 aliphatic rings. The maximum absolute atomic E-state index is 12.5. The molecule has 1 saturated heterocycles. The van der Waals surface area contributed by atoms with Gasteiger partial charge in [-0.05, 0) is 32.4 Å². The van der Waals surface area contributed by atoms with Crippen molar-refractivity contribution >= 4 is 29.5 Å². The average molecular weight is 405 g/mol. The minimum atomic E-state index is -1.02. The van der Waals surface area contributed by atoms with Gasteiger partial charge in [0, 0.05) is 0 Å². The molecule has 1 atom stereocenters. The van der Waals surface area contributed by atoms with E-state index in [9.17, 15) is 19.2 Å². The third-order valence-electron chi connectivity index (χ3n) is 4.49. The van der Waals surface area contributed by atoms with E-state index >= 15 is 0 Å². The van der Waals surface area contributed by atoms with Crippen molar-refractivity contribution in [1.29, 1.82) is 0 Å². The van der Waals surface area contributed by atoms with Crippen LogP contribution in [0.15, 0.2) is 24.3 Å². The number of nitrogens with one attached hydrogen (secondary N) is 2. The highest BCUT2D eigenvalue weighted by atomic mass is 16.5. The van der Waals surface area contributed by atoms with Gasteiger partial charge < -0.3 is 20.1 Å². The topological polar surface area (TPSA) is 114 Å². The Labute approximate surface area is 169 Å². The number of benzene rings is 1. The van der Waals surface area contributed by atoms with Gasteiger partial charge in [-0.3, -0.25) is 19.3 Å². The summed E-state index contributed by atoms with van der Waals surface area (Å²) in [5.74, 6) is -1.37. The molecule has 0 aliphatic carbocycles. The average Bonchev–Trinajstić information content (AvgIpc) is 2.90. The fourth-order valence-electron chi connectivity index (χ4n) is 2.95. The fourth-order valence-corrected chi connectivity index (χ4v) is 2.95. The molecule has 1 aliphatic heterocycles. The lowest BCUT2D eigenvalue weighted by molar-refractivity contribution is -0.150. The minimum absolute atomic E-state index is 0.435. The third-order valence-corrected chi connectivity index (χ3v) is 4.49. The van der Waals surface area contributed by atoms with Crippen molar-refractivity contribution in [2.45, 2.75) is 45.6 Å². The van der Waals surface area contributed by atoms with Crippen LogP contribution in [0.1, 0.15) is 40.0 Å². The number of amides is 4. The first-order chi connectivity index (χ1) is 13.8. The highest BCUT2D eigenvalue weighted by molar-refractivity contribution is 6.08. The van der Waals surface area contributed by atoms with Crippen molar-refractivity contribution in [3.05, 3.63) is 24.3 Å². The summed E-state index contributed by atoms with van der Waals surface area (Å²) >= 11 is 0. The van der Waals surface area contributed by atoms with Gasteiger partial charge in [0.05, 0.1) is 12.3 Å². The Bertz CT molecular complexity index is 781. The highest BCUT2D eigenvalue weighted by Crippen LogP contribution is 2.24. The Kier molecular flexibility index (Phi) is 7.58. The van der Waals surface area contributed by atoms with Gasteiger partial charge in [0.25, 0.3) is 11.8 Å². The number of rotatable bonds is 10. The number of unbranched alkanes of at least 4 members (excludes halogenated alkanes) is 1. The number of urea groups is 1. The summed E-state index contributed by atoms with van der Waals surface area (Å²) in [6.07, 6.45) is 2.13. The lowest BCUT2D eigenvalue weighted by Crippen LogP contribution is -2.44. The zero-order chi connectivity index (χ0) is 21.4. The molecular weight excluding hydrogens is 378 g/mol. The number of imide groups is 1. The minimum Gasteiger partial charge on any atom is -0.492 e. The molecule has 2 N–H and O–H groups in total. The van der Waals surface area contributed by atoms with Crippen molar-refractivity contribution in [2.24, 2.45) is 0 Å². The molecule has 1 heterocycles. The quantitative estimate of drug-likeness (QED) is 0.455. The summed E-state index contributed by atoms with van der Waals surface area (Å²) in [6.45, 7) is 4.79. The number of hydrogen-bond donors (Lipinski definition) is 2.